The summed E-state index contributed by atoms with van der Waals surface area (Å²) >= 11 is 1.26. The average molecular weight is 426 g/mol. The lowest BCUT2D eigenvalue weighted by atomic mass is 9.94. The van der Waals surface area contributed by atoms with E-state index in [1.165, 1.54) is 30.1 Å². The summed E-state index contributed by atoms with van der Waals surface area (Å²) in [4.78, 5) is 25.3. The van der Waals surface area contributed by atoms with Crippen molar-refractivity contribution in [2.75, 3.05) is 11.5 Å². The Kier molecular flexibility index (Phi) is 8.21. The predicted molar refractivity (Wildman–Crippen MR) is 106 cm³/mol. The zero-order valence-corrected chi connectivity index (χ0v) is 16.2. The smallest absolute Gasteiger partial charge is 0.395 e. The van der Waals surface area contributed by atoms with Crippen LogP contribution in [0.5, 0.6) is 0 Å². The summed E-state index contributed by atoms with van der Waals surface area (Å²) in [7, 11) is 0. The Morgan fingerprint density at radius 2 is 1.72 bits per heavy atom. The molecule has 0 saturated heterocycles. The van der Waals surface area contributed by atoms with Crippen molar-refractivity contribution in [3.8, 4) is 11.1 Å². The molecule has 0 saturated carbocycles. The highest BCUT2D eigenvalue weighted by atomic mass is 32.2. The van der Waals surface area contributed by atoms with Crippen LogP contribution < -0.4 is 5.73 Å². The Balaban J connectivity index is 2.00. The third-order valence-electron chi connectivity index (χ3n) is 4.39. The summed E-state index contributed by atoms with van der Waals surface area (Å²) in [6.07, 6.45) is -2.16. The van der Waals surface area contributed by atoms with E-state index in [9.17, 15) is 22.8 Å². The van der Waals surface area contributed by atoms with Crippen LogP contribution in [0.1, 0.15) is 34.8 Å². The van der Waals surface area contributed by atoms with Gasteiger partial charge >= 0.3 is 12.1 Å². The molecule has 2 atom stereocenters. The van der Waals surface area contributed by atoms with Gasteiger partial charge in [0.25, 0.3) is 0 Å². The summed E-state index contributed by atoms with van der Waals surface area (Å²) in [5.74, 6) is -2.08. The van der Waals surface area contributed by atoms with Gasteiger partial charge in [0.1, 0.15) is 11.7 Å². The van der Waals surface area contributed by atoms with Gasteiger partial charge in [-0.05, 0) is 41.5 Å². The highest BCUT2D eigenvalue weighted by Crippen LogP contribution is 2.38. The molecule has 1 aromatic carbocycles. The number of carboxylic acid groups (broad SMARTS) is 1. The minimum absolute atomic E-state index is 0.106. The number of nitrogens with two attached hydrogens (primary N) is 1. The summed E-state index contributed by atoms with van der Waals surface area (Å²) < 4.78 is 40.5. The monoisotopic (exact) mass is 426 g/mol. The molecule has 0 radical (unpaired) electrons. The number of aliphatic carboxylic acids is 1. The minimum Gasteiger partial charge on any atom is -0.480 e. The number of carbonyl (C=O) groups is 2. The molecule has 1 heterocycles. The predicted octanol–water partition coefficient (Wildman–Crippen LogP) is 4.13. The number of thioether (sulfide) groups is 1. The first-order valence-electron chi connectivity index (χ1n) is 8.86. The van der Waals surface area contributed by atoms with Crippen LogP contribution in [0.3, 0.4) is 0 Å². The normalized spacial score (nSPS) is 13.7. The maximum Gasteiger partial charge on any atom is 0.395 e. The van der Waals surface area contributed by atoms with Gasteiger partial charge < -0.3 is 10.8 Å². The number of pyridine rings is 1. The van der Waals surface area contributed by atoms with Crippen molar-refractivity contribution in [2.24, 2.45) is 5.73 Å². The fraction of sp³-hybridized carbons (Fsp3) is 0.350. The van der Waals surface area contributed by atoms with Crippen LogP contribution in [0.2, 0.25) is 0 Å². The Labute approximate surface area is 170 Å². The van der Waals surface area contributed by atoms with E-state index in [0.29, 0.717) is 23.2 Å². The Morgan fingerprint density at radius 3 is 2.24 bits per heavy atom. The lowest BCUT2D eigenvalue weighted by Gasteiger charge is -2.21. The first kappa shape index (κ1) is 22.9. The van der Waals surface area contributed by atoms with Crippen LogP contribution in [0.15, 0.2) is 42.6 Å². The number of nitrogens with zero attached hydrogens (tertiary/aromatic N) is 1. The quantitative estimate of drug-likeness (QED) is 0.438. The van der Waals surface area contributed by atoms with Crippen LogP contribution >= 0.6 is 11.8 Å². The molecular formula is C20H21F3N2O3S. The molecule has 0 aliphatic heterocycles. The van der Waals surface area contributed by atoms with E-state index in [0.717, 1.165) is 0 Å². The number of rotatable bonds is 10. The SMILES string of the molecule is NC(CCSCCC(c1ccc(-c2ccc(C=O)nc2)cc1)C(F)(F)F)C(=O)O. The first-order valence-corrected chi connectivity index (χ1v) is 10.0. The Bertz CT molecular complexity index is 811. The largest absolute Gasteiger partial charge is 0.480 e. The van der Waals surface area contributed by atoms with Crippen molar-refractivity contribution in [2.45, 2.75) is 31.0 Å². The lowest BCUT2D eigenvalue weighted by Crippen LogP contribution is -2.30. The molecule has 3 N–H and O–H groups in total. The zero-order chi connectivity index (χ0) is 21.4. The molecule has 2 aromatic rings. The maximum absolute atomic E-state index is 13.5. The van der Waals surface area contributed by atoms with Gasteiger partial charge in [0.2, 0.25) is 0 Å². The van der Waals surface area contributed by atoms with Crippen molar-refractivity contribution >= 4 is 24.0 Å². The molecular weight excluding hydrogens is 405 g/mol. The molecule has 5 nitrogen and oxygen atoms in total. The average Bonchev–Trinajstić information content (AvgIpc) is 2.69. The number of aromatic nitrogens is 1. The van der Waals surface area contributed by atoms with Gasteiger partial charge in [0, 0.05) is 11.8 Å². The number of carbonyl (C=O) groups excluding carboxylic acids is 1. The lowest BCUT2D eigenvalue weighted by molar-refractivity contribution is -0.150. The molecule has 9 heteroatoms. The van der Waals surface area contributed by atoms with Crippen molar-refractivity contribution < 1.29 is 27.9 Å². The van der Waals surface area contributed by atoms with Crippen molar-refractivity contribution in [1.82, 2.24) is 4.98 Å². The van der Waals surface area contributed by atoms with Gasteiger partial charge in [-0.25, -0.2) is 0 Å². The zero-order valence-electron chi connectivity index (χ0n) is 15.4. The molecule has 0 aliphatic rings. The van der Waals surface area contributed by atoms with E-state index in [-0.39, 0.29) is 29.9 Å². The summed E-state index contributed by atoms with van der Waals surface area (Å²) in [6.45, 7) is 0. The topological polar surface area (TPSA) is 93.3 Å². The molecule has 2 rings (SSSR count). The fourth-order valence-corrected chi connectivity index (χ4v) is 3.74. The number of hydrogen-bond acceptors (Lipinski definition) is 5. The van der Waals surface area contributed by atoms with Gasteiger partial charge in [-0.2, -0.15) is 24.9 Å². The standard InChI is InChI=1S/C20H21F3N2O3S/c21-20(22,23)17(7-9-29-10-8-18(24)19(27)28)14-3-1-13(2-4-14)15-5-6-16(12-26)25-11-15/h1-6,11-12,17-18H,7-10,24H2,(H,27,28). The summed E-state index contributed by atoms with van der Waals surface area (Å²) in [5.41, 5.74) is 7.24. The molecule has 156 valence electrons. The third-order valence-corrected chi connectivity index (χ3v) is 5.44. The second-order valence-corrected chi connectivity index (χ2v) is 7.66. The van der Waals surface area contributed by atoms with Crippen LogP contribution in [0, 0.1) is 0 Å². The Morgan fingerprint density at radius 1 is 1.10 bits per heavy atom. The number of halogens is 3. The summed E-state index contributed by atoms with van der Waals surface area (Å²) in [5, 5.41) is 8.71. The van der Waals surface area contributed by atoms with E-state index < -0.39 is 24.1 Å². The highest BCUT2D eigenvalue weighted by Gasteiger charge is 2.40. The van der Waals surface area contributed by atoms with Gasteiger partial charge in [-0.3, -0.25) is 14.6 Å². The second-order valence-electron chi connectivity index (χ2n) is 6.44. The molecule has 0 bridgehead atoms. The van der Waals surface area contributed by atoms with E-state index in [2.05, 4.69) is 4.98 Å². The van der Waals surface area contributed by atoms with E-state index in [1.54, 1.807) is 24.3 Å². The first-order chi connectivity index (χ1) is 13.7. The van der Waals surface area contributed by atoms with Gasteiger partial charge in [-0.1, -0.05) is 30.3 Å². The fourth-order valence-electron chi connectivity index (χ4n) is 2.71. The molecule has 0 aliphatic carbocycles. The molecule has 2 unspecified atom stereocenters. The molecule has 29 heavy (non-hydrogen) atoms. The minimum atomic E-state index is -4.38. The maximum atomic E-state index is 13.5. The number of alkyl halides is 3. The number of hydrogen-bond donors (Lipinski definition) is 2. The molecule has 0 spiro atoms. The van der Waals surface area contributed by atoms with E-state index in [4.69, 9.17) is 10.8 Å². The van der Waals surface area contributed by atoms with Gasteiger partial charge in [-0.15, -0.1) is 0 Å². The van der Waals surface area contributed by atoms with Gasteiger partial charge in [0.05, 0.1) is 5.92 Å². The number of benzene rings is 1. The van der Waals surface area contributed by atoms with Crippen molar-refractivity contribution in [1.29, 1.82) is 0 Å². The van der Waals surface area contributed by atoms with Crippen LogP contribution in [-0.2, 0) is 4.79 Å². The number of carboxylic acids is 1. The van der Waals surface area contributed by atoms with E-state index in [1.807, 2.05) is 0 Å². The molecule has 1 aromatic heterocycles. The third kappa shape index (κ3) is 6.86. The molecule has 0 amide bonds. The highest BCUT2D eigenvalue weighted by molar-refractivity contribution is 7.99. The van der Waals surface area contributed by atoms with Crippen molar-refractivity contribution in [3.63, 3.8) is 0 Å². The number of aldehydes is 1. The van der Waals surface area contributed by atoms with Crippen LogP contribution in [-0.4, -0.2) is 46.1 Å². The second kappa shape index (κ2) is 10.4. The van der Waals surface area contributed by atoms with Gasteiger partial charge in [0.15, 0.2) is 6.29 Å². The Hall–Kier alpha value is -2.39. The summed E-state index contributed by atoms with van der Waals surface area (Å²) in [6, 6.07) is 8.34. The van der Waals surface area contributed by atoms with Crippen LogP contribution in [0.25, 0.3) is 11.1 Å². The van der Waals surface area contributed by atoms with E-state index >= 15 is 0 Å². The molecule has 0 fully saturated rings. The van der Waals surface area contributed by atoms with Crippen LogP contribution in [0.4, 0.5) is 13.2 Å². The van der Waals surface area contributed by atoms with Crippen molar-refractivity contribution in [3.05, 3.63) is 53.9 Å².